The van der Waals surface area contributed by atoms with E-state index in [9.17, 15) is 4.79 Å². The highest BCUT2D eigenvalue weighted by Crippen LogP contribution is 2.09. The number of amides is 1. The number of hydrogen-bond donors (Lipinski definition) is 1. The molecular weight excluding hydrogens is 294 g/mol. The van der Waals surface area contributed by atoms with E-state index in [1.54, 1.807) is 7.05 Å². The Bertz CT molecular complexity index is 254. The summed E-state index contributed by atoms with van der Waals surface area (Å²) in [5, 5.41) is 2.67. The highest BCUT2D eigenvalue weighted by Gasteiger charge is 1.96. The van der Waals surface area contributed by atoms with Gasteiger partial charge >= 0.3 is 0 Å². The molecule has 1 N–H and O–H groups in total. The molecule has 0 aromatic heterocycles. The van der Waals surface area contributed by atoms with Crippen molar-refractivity contribution in [1.29, 1.82) is 0 Å². The molecule has 0 saturated carbocycles. The third-order valence-corrected chi connectivity index (χ3v) is 3.94. The van der Waals surface area contributed by atoms with Gasteiger partial charge in [0.25, 0.3) is 0 Å². The predicted molar refractivity (Wildman–Crippen MR) is 101 cm³/mol. The first kappa shape index (κ1) is 23.8. The molecule has 132 valence electrons. The zero-order valence-corrected chi connectivity index (χ0v) is 15.7. The molecule has 0 unspecified atom stereocenters. The maximum atomic E-state index is 11.0. The van der Waals surface area contributed by atoms with Gasteiger partial charge in [-0.3, -0.25) is 4.79 Å². The van der Waals surface area contributed by atoms with E-state index in [2.05, 4.69) is 24.4 Å². The lowest BCUT2D eigenvalue weighted by atomic mass is 10.1. The van der Waals surface area contributed by atoms with E-state index < -0.39 is 0 Å². The number of rotatable bonds is 15. The molecule has 3 heteroatoms. The topological polar surface area (TPSA) is 29.1 Å². The summed E-state index contributed by atoms with van der Waals surface area (Å²) in [6.45, 7) is 2.27. The molecule has 0 atom stereocenters. The van der Waals surface area contributed by atoms with Crippen molar-refractivity contribution in [2.45, 2.75) is 96.8 Å². The van der Waals surface area contributed by atoms with Crippen LogP contribution < -0.4 is 5.32 Å². The van der Waals surface area contributed by atoms with Gasteiger partial charge in [0.05, 0.1) is 0 Å². The Morgan fingerprint density at radius 2 is 1.23 bits per heavy atom. The molecule has 0 spiro atoms. The van der Waals surface area contributed by atoms with E-state index in [-0.39, 0.29) is 18.3 Å². The van der Waals surface area contributed by atoms with E-state index in [1.165, 1.54) is 77.0 Å². The average Bonchev–Trinajstić information content (AvgIpc) is 2.50. The van der Waals surface area contributed by atoms with Crippen LogP contribution in [0.2, 0.25) is 0 Å². The van der Waals surface area contributed by atoms with Crippen molar-refractivity contribution in [3.63, 3.8) is 0 Å². The lowest BCUT2D eigenvalue weighted by Crippen LogP contribution is -2.16. The second-order valence-corrected chi connectivity index (χ2v) is 6.01. The summed E-state index contributed by atoms with van der Waals surface area (Å²) in [4.78, 5) is 11.0. The van der Waals surface area contributed by atoms with Crippen LogP contribution in [0.5, 0.6) is 0 Å². The first-order valence-corrected chi connectivity index (χ1v) is 9.16. The van der Waals surface area contributed by atoms with Gasteiger partial charge in [-0.1, -0.05) is 70.4 Å². The minimum Gasteiger partial charge on any atom is -0.359 e. The van der Waals surface area contributed by atoms with Crippen molar-refractivity contribution in [3.8, 4) is 0 Å². The molecule has 0 aliphatic rings. The second-order valence-electron chi connectivity index (χ2n) is 6.01. The summed E-state index contributed by atoms with van der Waals surface area (Å²) in [6, 6.07) is 0. The van der Waals surface area contributed by atoms with Crippen LogP contribution >= 0.6 is 12.4 Å². The monoisotopic (exact) mass is 331 g/mol. The lowest BCUT2D eigenvalue weighted by Gasteiger charge is -2.00. The van der Waals surface area contributed by atoms with Gasteiger partial charge in [-0.05, 0) is 32.1 Å². The smallest absolute Gasteiger partial charge is 0.219 e. The first-order valence-electron chi connectivity index (χ1n) is 9.16. The van der Waals surface area contributed by atoms with Crippen molar-refractivity contribution in [2.75, 3.05) is 7.05 Å². The Morgan fingerprint density at radius 3 is 1.73 bits per heavy atom. The summed E-state index contributed by atoms with van der Waals surface area (Å²) in [7, 11) is 1.71. The third kappa shape index (κ3) is 19.5. The molecule has 0 aromatic carbocycles. The number of carbonyl (C=O) groups excluding carboxylic acids is 1. The number of halogens is 1. The van der Waals surface area contributed by atoms with Gasteiger partial charge in [0, 0.05) is 13.5 Å². The molecular formula is C19H38ClNO. The number of allylic oxidation sites excluding steroid dienone is 2. The Labute approximate surface area is 144 Å². The SMILES string of the molecule is CCCCCCCCC=CCCCCCCCC(=O)NC.Cl. The fourth-order valence-corrected chi connectivity index (χ4v) is 2.48. The van der Waals surface area contributed by atoms with Gasteiger partial charge in [-0.15, -0.1) is 12.4 Å². The van der Waals surface area contributed by atoms with Crippen molar-refractivity contribution >= 4 is 18.3 Å². The Morgan fingerprint density at radius 1 is 0.773 bits per heavy atom. The molecule has 0 bridgehead atoms. The van der Waals surface area contributed by atoms with Crippen LogP contribution in [-0.2, 0) is 4.79 Å². The van der Waals surface area contributed by atoms with E-state index in [0.29, 0.717) is 6.42 Å². The average molecular weight is 332 g/mol. The van der Waals surface area contributed by atoms with Gasteiger partial charge in [0.1, 0.15) is 0 Å². The normalized spacial score (nSPS) is 10.6. The van der Waals surface area contributed by atoms with Crippen molar-refractivity contribution in [3.05, 3.63) is 12.2 Å². The number of unbranched alkanes of at least 4 members (excludes halogenated alkanes) is 11. The summed E-state index contributed by atoms with van der Waals surface area (Å²) in [5.74, 6) is 0.174. The Balaban J connectivity index is 0. The third-order valence-electron chi connectivity index (χ3n) is 3.94. The standard InChI is InChI=1S/C19H37NO.ClH/c1-3-4-5-6-7-8-9-10-11-12-13-14-15-16-17-18-19(21)20-2;/h10-11H,3-9,12-18H2,1-2H3,(H,20,21);1H. The first-order chi connectivity index (χ1) is 10.3. The van der Waals surface area contributed by atoms with E-state index in [0.717, 1.165) is 6.42 Å². The van der Waals surface area contributed by atoms with Crippen LogP contribution in [0.25, 0.3) is 0 Å². The molecule has 0 aromatic rings. The van der Waals surface area contributed by atoms with Crippen LogP contribution in [-0.4, -0.2) is 13.0 Å². The molecule has 0 aliphatic heterocycles. The van der Waals surface area contributed by atoms with Crippen molar-refractivity contribution in [1.82, 2.24) is 5.32 Å². The van der Waals surface area contributed by atoms with E-state index >= 15 is 0 Å². The zero-order valence-electron chi connectivity index (χ0n) is 14.9. The molecule has 0 heterocycles. The number of carbonyl (C=O) groups is 1. The molecule has 2 nitrogen and oxygen atoms in total. The minimum atomic E-state index is 0. The van der Waals surface area contributed by atoms with Crippen molar-refractivity contribution < 1.29 is 4.79 Å². The highest BCUT2D eigenvalue weighted by molar-refractivity contribution is 5.85. The number of hydrogen-bond acceptors (Lipinski definition) is 1. The van der Waals surface area contributed by atoms with Crippen LogP contribution in [0.1, 0.15) is 96.8 Å². The molecule has 0 saturated heterocycles. The molecule has 0 fully saturated rings. The maximum absolute atomic E-state index is 11.0. The van der Waals surface area contributed by atoms with Crippen LogP contribution in [0.4, 0.5) is 0 Å². The van der Waals surface area contributed by atoms with Gasteiger partial charge < -0.3 is 5.32 Å². The molecule has 0 aliphatic carbocycles. The highest BCUT2D eigenvalue weighted by atomic mass is 35.5. The van der Waals surface area contributed by atoms with Gasteiger partial charge in [-0.25, -0.2) is 0 Å². The quantitative estimate of drug-likeness (QED) is 0.281. The fourth-order valence-electron chi connectivity index (χ4n) is 2.48. The molecule has 1 amide bonds. The Hall–Kier alpha value is -0.500. The van der Waals surface area contributed by atoms with E-state index in [1.807, 2.05) is 0 Å². The molecule has 22 heavy (non-hydrogen) atoms. The minimum absolute atomic E-state index is 0. The van der Waals surface area contributed by atoms with Gasteiger partial charge in [0.15, 0.2) is 0 Å². The van der Waals surface area contributed by atoms with Gasteiger partial charge in [0.2, 0.25) is 5.91 Å². The summed E-state index contributed by atoms with van der Waals surface area (Å²) in [6.07, 6.45) is 22.3. The second kappa shape index (κ2) is 20.5. The Kier molecular flexibility index (Phi) is 22.1. The summed E-state index contributed by atoms with van der Waals surface area (Å²) in [5.41, 5.74) is 0. The molecule has 0 radical (unpaired) electrons. The van der Waals surface area contributed by atoms with E-state index in [4.69, 9.17) is 0 Å². The molecule has 0 rings (SSSR count). The van der Waals surface area contributed by atoms with Crippen molar-refractivity contribution in [2.24, 2.45) is 0 Å². The summed E-state index contributed by atoms with van der Waals surface area (Å²) < 4.78 is 0. The fraction of sp³-hybridized carbons (Fsp3) is 0.842. The lowest BCUT2D eigenvalue weighted by molar-refractivity contribution is -0.120. The summed E-state index contributed by atoms with van der Waals surface area (Å²) >= 11 is 0. The zero-order chi connectivity index (χ0) is 15.6. The predicted octanol–water partition coefficient (Wildman–Crippen LogP) is 6.19. The van der Waals surface area contributed by atoms with Crippen LogP contribution in [0, 0.1) is 0 Å². The van der Waals surface area contributed by atoms with Gasteiger partial charge in [-0.2, -0.15) is 0 Å². The largest absolute Gasteiger partial charge is 0.359 e. The van der Waals surface area contributed by atoms with Crippen LogP contribution in [0.3, 0.4) is 0 Å². The maximum Gasteiger partial charge on any atom is 0.219 e. The van der Waals surface area contributed by atoms with Crippen LogP contribution in [0.15, 0.2) is 12.2 Å². The number of nitrogens with one attached hydrogen (secondary N) is 1.